The Morgan fingerprint density at radius 2 is 1.89 bits per heavy atom. The van der Waals surface area contributed by atoms with Crippen molar-refractivity contribution in [2.75, 3.05) is 0 Å². The molecule has 0 aliphatic rings. The molecule has 3 nitrogen and oxygen atoms in total. The lowest BCUT2D eigenvalue weighted by Crippen LogP contribution is -2.20. The maximum atomic E-state index is 12.1. The van der Waals surface area contributed by atoms with Crippen molar-refractivity contribution in [1.82, 2.24) is 4.57 Å². The van der Waals surface area contributed by atoms with E-state index in [-0.39, 0.29) is 17.2 Å². The van der Waals surface area contributed by atoms with Crippen molar-refractivity contribution >= 4 is 33.0 Å². The Morgan fingerprint density at radius 3 is 2.39 bits per heavy atom. The number of hydrogen-bond acceptors (Lipinski definition) is 3. The average Bonchev–Trinajstić information content (AvgIpc) is 2.57. The van der Waals surface area contributed by atoms with Crippen LogP contribution >= 0.6 is 27.3 Å². The molecule has 1 aromatic carbocycles. The third-order valence-corrected chi connectivity index (χ3v) is 4.37. The number of carbonyl (C=O) groups is 1. The molecule has 0 atom stereocenters. The van der Waals surface area contributed by atoms with E-state index in [1.54, 1.807) is 12.1 Å². The minimum absolute atomic E-state index is 0.0505. The predicted octanol–water partition coefficient (Wildman–Crippen LogP) is 3.17. The summed E-state index contributed by atoms with van der Waals surface area (Å²) < 4.78 is 2.46. The van der Waals surface area contributed by atoms with E-state index in [9.17, 15) is 9.59 Å². The van der Waals surface area contributed by atoms with E-state index in [2.05, 4.69) is 15.9 Å². The molecule has 94 valence electrons. The van der Waals surface area contributed by atoms with Gasteiger partial charge in [-0.1, -0.05) is 39.4 Å². The Balaban J connectivity index is 2.27. The zero-order chi connectivity index (χ0) is 13.3. The maximum Gasteiger partial charge on any atom is 0.307 e. The van der Waals surface area contributed by atoms with Crippen LogP contribution in [0.2, 0.25) is 0 Å². The zero-order valence-corrected chi connectivity index (χ0v) is 12.5. The Morgan fingerprint density at radius 1 is 1.28 bits per heavy atom. The highest BCUT2D eigenvalue weighted by molar-refractivity contribution is 9.10. The van der Waals surface area contributed by atoms with Crippen molar-refractivity contribution in [2.45, 2.75) is 20.4 Å². The molecule has 0 unspecified atom stereocenters. The van der Waals surface area contributed by atoms with Crippen molar-refractivity contribution in [3.8, 4) is 0 Å². The molecule has 0 aliphatic carbocycles. The molecule has 1 heterocycles. The average molecular weight is 326 g/mol. The molecule has 2 rings (SSSR count). The van der Waals surface area contributed by atoms with Gasteiger partial charge >= 0.3 is 4.87 Å². The van der Waals surface area contributed by atoms with Gasteiger partial charge in [-0.15, -0.1) is 0 Å². The monoisotopic (exact) mass is 325 g/mol. The highest BCUT2D eigenvalue weighted by atomic mass is 79.9. The fourth-order valence-corrected chi connectivity index (χ4v) is 2.74. The number of nitrogens with zero attached hydrogens (tertiary/aromatic N) is 1. The number of halogens is 1. The Bertz CT molecular complexity index is 640. The Hall–Kier alpha value is -1.20. The molecule has 0 spiro atoms. The number of aryl methyl sites for hydroxylation is 1. The van der Waals surface area contributed by atoms with Gasteiger partial charge in [0.05, 0.1) is 6.54 Å². The summed E-state index contributed by atoms with van der Waals surface area (Å²) >= 11 is 4.51. The summed E-state index contributed by atoms with van der Waals surface area (Å²) in [6.45, 7) is 3.86. The van der Waals surface area contributed by atoms with Crippen molar-refractivity contribution in [2.24, 2.45) is 0 Å². The van der Waals surface area contributed by atoms with E-state index in [4.69, 9.17) is 0 Å². The lowest BCUT2D eigenvalue weighted by molar-refractivity contribution is 0.0970. The van der Waals surface area contributed by atoms with Gasteiger partial charge in [0, 0.05) is 20.6 Å². The summed E-state index contributed by atoms with van der Waals surface area (Å²) in [7, 11) is 0. The van der Waals surface area contributed by atoms with Gasteiger partial charge in [0.15, 0.2) is 5.78 Å². The molecule has 0 radical (unpaired) electrons. The second-order valence-corrected chi connectivity index (χ2v) is 6.11. The summed E-state index contributed by atoms with van der Waals surface area (Å²) in [6, 6.07) is 7.15. The molecule has 0 saturated carbocycles. The first-order valence-corrected chi connectivity index (χ1v) is 7.05. The van der Waals surface area contributed by atoms with Gasteiger partial charge in [0.1, 0.15) is 0 Å². The second-order valence-electron chi connectivity index (χ2n) is 4.03. The number of rotatable bonds is 3. The Kier molecular flexibility index (Phi) is 3.82. The lowest BCUT2D eigenvalue weighted by atomic mass is 10.1. The van der Waals surface area contributed by atoms with Crippen LogP contribution in [-0.2, 0) is 6.54 Å². The number of aromatic nitrogens is 1. The minimum atomic E-state index is -0.0736. The van der Waals surface area contributed by atoms with Crippen LogP contribution in [0, 0.1) is 13.8 Å². The molecule has 2 aromatic rings. The van der Waals surface area contributed by atoms with Gasteiger partial charge in [-0.2, -0.15) is 0 Å². The normalized spacial score (nSPS) is 10.6. The van der Waals surface area contributed by atoms with Crippen LogP contribution in [0.3, 0.4) is 0 Å². The van der Waals surface area contributed by atoms with Crippen LogP contribution in [0.1, 0.15) is 20.9 Å². The van der Waals surface area contributed by atoms with Gasteiger partial charge in [-0.05, 0) is 26.0 Å². The van der Waals surface area contributed by atoms with Gasteiger partial charge in [-0.25, -0.2) is 0 Å². The van der Waals surface area contributed by atoms with E-state index in [1.165, 1.54) is 15.9 Å². The fourth-order valence-electron chi connectivity index (χ4n) is 1.64. The number of benzene rings is 1. The number of Topliss-reactive ketones (excluding diaryl/α,β-unsaturated/α-hetero) is 1. The standard InChI is InChI=1S/C13H12BrNO2S/c1-8-9(2)18-13(17)15(8)7-12(16)10-3-5-11(14)6-4-10/h3-6H,7H2,1-2H3. The number of carbonyl (C=O) groups excluding carboxylic acids is 1. The first kappa shape index (κ1) is 13.2. The molecule has 1 aromatic heterocycles. The summed E-state index contributed by atoms with van der Waals surface area (Å²) in [6.07, 6.45) is 0. The maximum absolute atomic E-state index is 12.1. The summed E-state index contributed by atoms with van der Waals surface area (Å²) in [5.41, 5.74) is 1.49. The molecule has 0 fully saturated rings. The Labute approximate surface area is 117 Å². The van der Waals surface area contributed by atoms with E-state index in [0.29, 0.717) is 5.56 Å². The molecular formula is C13H12BrNO2S. The van der Waals surface area contributed by atoms with E-state index >= 15 is 0 Å². The molecule has 5 heteroatoms. The van der Waals surface area contributed by atoms with Gasteiger partial charge < -0.3 is 0 Å². The zero-order valence-electron chi connectivity index (χ0n) is 10.1. The highest BCUT2D eigenvalue weighted by Gasteiger charge is 2.12. The van der Waals surface area contributed by atoms with E-state index in [0.717, 1.165) is 15.0 Å². The van der Waals surface area contributed by atoms with Crippen molar-refractivity contribution in [3.63, 3.8) is 0 Å². The molecule has 0 amide bonds. The van der Waals surface area contributed by atoms with Gasteiger partial charge in [0.25, 0.3) is 0 Å². The van der Waals surface area contributed by atoms with E-state index in [1.807, 2.05) is 26.0 Å². The van der Waals surface area contributed by atoms with Crippen LogP contribution in [0.15, 0.2) is 33.5 Å². The lowest BCUT2D eigenvalue weighted by Gasteiger charge is -2.04. The quantitative estimate of drug-likeness (QED) is 0.813. The number of hydrogen-bond donors (Lipinski definition) is 0. The third kappa shape index (κ3) is 2.62. The number of thiazole rings is 1. The molecule has 0 aliphatic heterocycles. The van der Waals surface area contributed by atoms with Crippen molar-refractivity contribution in [3.05, 3.63) is 54.5 Å². The highest BCUT2D eigenvalue weighted by Crippen LogP contribution is 2.13. The van der Waals surface area contributed by atoms with Crippen molar-refractivity contribution < 1.29 is 4.79 Å². The van der Waals surface area contributed by atoms with Gasteiger partial charge in [0.2, 0.25) is 0 Å². The van der Waals surface area contributed by atoms with Crippen molar-refractivity contribution in [1.29, 1.82) is 0 Å². The van der Waals surface area contributed by atoms with Crippen LogP contribution in [0.5, 0.6) is 0 Å². The van der Waals surface area contributed by atoms with E-state index < -0.39 is 0 Å². The minimum Gasteiger partial charge on any atom is -0.295 e. The summed E-state index contributed by atoms with van der Waals surface area (Å²) in [5, 5.41) is 0. The largest absolute Gasteiger partial charge is 0.307 e. The predicted molar refractivity (Wildman–Crippen MR) is 76.5 cm³/mol. The SMILES string of the molecule is Cc1sc(=O)n(CC(=O)c2ccc(Br)cc2)c1C. The van der Waals surface area contributed by atoms with Gasteiger partial charge in [-0.3, -0.25) is 14.2 Å². The number of ketones is 1. The second kappa shape index (κ2) is 5.20. The molecule has 0 N–H and O–H groups in total. The molecule has 0 bridgehead atoms. The van der Waals surface area contributed by atoms with Crippen LogP contribution in [-0.4, -0.2) is 10.4 Å². The molecule has 0 saturated heterocycles. The molecular weight excluding hydrogens is 314 g/mol. The van der Waals surface area contributed by atoms with Crippen LogP contribution < -0.4 is 4.87 Å². The summed E-state index contributed by atoms with van der Waals surface area (Å²) in [4.78, 5) is 24.7. The third-order valence-electron chi connectivity index (χ3n) is 2.84. The fraction of sp³-hybridized carbons (Fsp3) is 0.231. The van der Waals surface area contributed by atoms with Crippen LogP contribution in [0.4, 0.5) is 0 Å². The molecule has 18 heavy (non-hydrogen) atoms. The smallest absolute Gasteiger partial charge is 0.295 e. The first-order chi connectivity index (χ1) is 8.49. The summed E-state index contributed by atoms with van der Waals surface area (Å²) in [5.74, 6) is -0.0505. The topological polar surface area (TPSA) is 39.1 Å². The first-order valence-electron chi connectivity index (χ1n) is 5.44. The van der Waals surface area contributed by atoms with Crippen LogP contribution in [0.25, 0.3) is 0 Å².